The topological polar surface area (TPSA) is 74.5 Å². The lowest BCUT2D eigenvalue weighted by molar-refractivity contribution is -0.192. The molecule has 0 radical (unpaired) electrons. The first-order valence-corrected chi connectivity index (χ1v) is 6.68. The second kappa shape index (κ2) is 8.96. The van der Waals surface area contributed by atoms with Gasteiger partial charge in [0, 0.05) is 31.2 Å². The van der Waals surface area contributed by atoms with E-state index in [1.807, 2.05) is 24.5 Å². The molecule has 0 fully saturated rings. The molecule has 0 saturated carbocycles. The molecule has 0 unspecified atom stereocenters. The van der Waals surface area contributed by atoms with E-state index < -0.39 is 12.1 Å². The zero-order chi connectivity index (χ0) is 17.3. The number of nitrogens with zero attached hydrogens (tertiary/aromatic N) is 1. The maximum Gasteiger partial charge on any atom is 0.490 e. The summed E-state index contributed by atoms with van der Waals surface area (Å²) in [6.07, 6.45) is -1.03. The number of carboxylic acid groups (broad SMARTS) is 1. The number of aliphatic carboxylic acids is 1. The summed E-state index contributed by atoms with van der Waals surface area (Å²) in [7, 11) is 0. The molecule has 0 amide bonds. The minimum Gasteiger partial charge on any atom is -0.475 e. The van der Waals surface area contributed by atoms with Crippen LogP contribution in [0.5, 0.6) is 0 Å². The molecular formula is C15H17F3N2O3. The quantitative estimate of drug-likeness (QED) is 0.735. The van der Waals surface area contributed by atoms with E-state index in [1.54, 1.807) is 0 Å². The summed E-state index contributed by atoms with van der Waals surface area (Å²) in [5.74, 6) is -2.76. The fraction of sp³-hybridized carbons (Fsp3) is 0.267. The highest BCUT2D eigenvalue weighted by Crippen LogP contribution is 2.13. The first-order chi connectivity index (χ1) is 10.8. The molecule has 0 aliphatic carbocycles. The summed E-state index contributed by atoms with van der Waals surface area (Å²) in [5.41, 5.74) is 2.39. The van der Waals surface area contributed by atoms with E-state index in [9.17, 15) is 13.2 Å². The Morgan fingerprint density at radius 3 is 2.09 bits per heavy atom. The maximum absolute atomic E-state index is 10.6. The highest BCUT2D eigenvalue weighted by Gasteiger charge is 2.38. The van der Waals surface area contributed by atoms with Crippen molar-refractivity contribution in [3.05, 3.63) is 54.4 Å². The van der Waals surface area contributed by atoms with E-state index in [2.05, 4.69) is 34.1 Å². The predicted octanol–water partition coefficient (Wildman–Crippen LogP) is 2.19. The van der Waals surface area contributed by atoms with E-state index in [4.69, 9.17) is 15.0 Å². The van der Waals surface area contributed by atoms with Crippen LogP contribution >= 0.6 is 0 Å². The number of aromatic nitrogens is 1. The molecule has 0 atom stereocenters. The molecule has 0 bridgehead atoms. The van der Waals surface area contributed by atoms with Crippen LogP contribution in [0.25, 0.3) is 5.69 Å². The first kappa shape index (κ1) is 18.7. The van der Waals surface area contributed by atoms with Crippen molar-refractivity contribution in [2.24, 2.45) is 0 Å². The lowest BCUT2D eigenvalue weighted by Gasteiger charge is -2.06. The summed E-state index contributed by atoms with van der Waals surface area (Å²) in [6.45, 7) is 1.62. The van der Waals surface area contributed by atoms with Gasteiger partial charge < -0.3 is 20.1 Å². The van der Waals surface area contributed by atoms with Crippen molar-refractivity contribution >= 4 is 5.97 Å². The molecular weight excluding hydrogens is 313 g/mol. The molecule has 8 heteroatoms. The molecule has 3 N–H and O–H groups in total. The second-order valence-corrected chi connectivity index (χ2v) is 4.46. The predicted molar refractivity (Wildman–Crippen MR) is 78.3 cm³/mol. The van der Waals surface area contributed by atoms with Crippen molar-refractivity contribution in [1.82, 2.24) is 9.88 Å². The number of halogens is 3. The number of carbonyl (C=O) groups is 1. The zero-order valence-corrected chi connectivity index (χ0v) is 12.1. The Balaban J connectivity index is 0.000000322. The second-order valence-electron chi connectivity index (χ2n) is 4.46. The van der Waals surface area contributed by atoms with E-state index in [-0.39, 0.29) is 6.61 Å². The van der Waals surface area contributed by atoms with Crippen molar-refractivity contribution in [2.75, 3.05) is 13.2 Å². The average molecular weight is 330 g/mol. The van der Waals surface area contributed by atoms with Crippen LogP contribution in [0.1, 0.15) is 5.56 Å². The lowest BCUT2D eigenvalue weighted by Crippen LogP contribution is -2.21. The number of hydrogen-bond acceptors (Lipinski definition) is 3. The SMILES string of the molecule is O=C(O)C(F)(F)F.OCCNCc1ccc(-n2cccc2)cc1. The smallest absolute Gasteiger partial charge is 0.475 e. The van der Waals surface area contributed by atoms with E-state index in [0.717, 1.165) is 12.2 Å². The van der Waals surface area contributed by atoms with Crippen LogP contribution in [-0.4, -0.2) is 40.1 Å². The van der Waals surface area contributed by atoms with Crippen LogP contribution < -0.4 is 5.32 Å². The number of carboxylic acids is 1. The van der Waals surface area contributed by atoms with Gasteiger partial charge in [-0.25, -0.2) is 4.79 Å². The molecule has 0 aliphatic rings. The third-order valence-corrected chi connectivity index (χ3v) is 2.70. The van der Waals surface area contributed by atoms with Crippen molar-refractivity contribution in [3.63, 3.8) is 0 Å². The molecule has 0 aliphatic heterocycles. The van der Waals surface area contributed by atoms with Gasteiger partial charge >= 0.3 is 12.1 Å². The van der Waals surface area contributed by atoms with Crippen LogP contribution in [0.15, 0.2) is 48.8 Å². The molecule has 5 nitrogen and oxygen atoms in total. The Morgan fingerprint density at radius 1 is 1.13 bits per heavy atom. The van der Waals surface area contributed by atoms with Crippen LogP contribution in [-0.2, 0) is 11.3 Å². The Labute approximate surface area is 131 Å². The van der Waals surface area contributed by atoms with E-state index >= 15 is 0 Å². The van der Waals surface area contributed by atoms with Crippen molar-refractivity contribution < 1.29 is 28.2 Å². The van der Waals surface area contributed by atoms with Gasteiger partial charge in [-0.05, 0) is 29.8 Å². The Kier molecular flexibility index (Phi) is 7.30. The summed E-state index contributed by atoms with van der Waals surface area (Å²) in [4.78, 5) is 8.90. The van der Waals surface area contributed by atoms with Crippen molar-refractivity contribution in [3.8, 4) is 5.69 Å². The standard InChI is InChI=1S/C13H16N2O.C2HF3O2/c16-10-7-14-11-12-3-5-13(6-4-12)15-8-1-2-9-15;3-2(4,5)1(6)7/h1-6,8-9,14,16H,7,10-11H2;(H,6,7). The highest BCUT2D eigenvalue weighted by atomic mass is 19.4. The molecule has 1 aromatic carbocycles. The third-order valence-electron chi connectivity index (χ3n) is 2.70. The maximum atomic E-state index is 10.6. The van der Waals surface area contributed by atoms with Gasteiger partial charge in [0.25, 0.3) is 0 Å². The van der Waals surface area contributed by atoms with Crippen molar-refractivity contribution in [2.45, 2.75) is 12.7 Å². The number of benzene rings is 1. The van der Waals surface area contributed by atoms with Crippen LogP contribution in [0.2, 0.25) is 0 Å². The number of alkyl halides is 3. The van der Waals surface area contributed by atoms with Crippen LogP contribution in [0.3, 0.4) is 0 Å². The van der Waals surface area contributed by atoms with Crippen LogP contribution in [0, 0.1) is 0 Å². The largest absolute Gasteiger partial charge is 0.490 e. The molecule has 2 aromatic rings. The van der Waals surface area contributed by atoms with Gasteiger partial charge in [-0.3, -0.25) is 0 Å². The molecule has 1 heterocycles. The fourth-order valence-corrected chi connectivity index (χ4v) is 1.60. The van der Waals surface area contributed by atoms with Gasteiger partial charge in [0.05, 0.1) is 6.61 Å². The fourth-order valence-electron chi connectivity index (χ4n) is 1.60. The molecule has 0 saturated heterocycles. The molecule has 1 aromatic heterocycles. The normalized spacial score (nSPS) is 10.8. The number of aliphatic hydroxyl groups excluding tert-OH is 1. The van der Waals surface area contributed by atoms with Gasteiger partial charge in [-0.15, -0.1) is 0 Å². The minimum atomic E-state index is -5.08. The van der Waals surface area contributed by atoms with Gasteiger partial charge in [0.1, 0.15) is 0 Å². The number of nitrogens with one attached hydrogen (secondary N) is 1. The van der Waals surface area contributed by atoms with E-state index in [1.165, 1.54) is 5.56 Å². The number of aliphatic hydroxyl groups is 1. The van der Waals surface area contributed by atoms with Gasteiger partial charge in [0.2, 0.25) is 0 Å². The van der Waals surface area contributed by atoms with Crippen LogP contribution in [0.4, 0.5) is 13.2 Å². The number of rotatable bonds is 5. The molecule has 23 heavy (non-hydrogen) atoms. The van der Waals surface area contributed by atoms with Gasteiger partial charge in [-0.1, -0.05) is 12.1 Å². The Morgan fingerprint density at radius 2 is 1.65 bits per heavy atom. The van der Waals surface area contributed by atoms with E-state index in [0.29, 0.717) is 6.54 Å². The zero-order valence-electron chi connectivity index (χ0n) is 12.1. The summed E-state index contributed by atoms with van der Waals surface area (Å²) in [5, 5.41) is 18.9. The average Bonchev–Trinajstić information content (AvgIpc) is 3.02. The summed E-state index contributed by atoms with van der Waals surface area (Å²) in [6, 6.07) is 12.4. The third kappa shape index (κ3) is 6.98. The van der Waals surface area contributed by atoms with Gasteiger partial charge in [0.15, 0.2) is 0 Å². The first-order valence-electron chi connectivity index (χ1n) is 6.68. The summed E-state index contributed by atoms with van der Waals surface area (Å²) >= 11 is 0. The summed E-state index contributed by atoms with van der Waals surface area (Å²) < 4.78 is 33.8. The van der Waals surface area contributed by atoms with Crippen molar-refractivity contribution in [1.29, 1.82) is 0 Å². The minimum absolute atomic E-state index is 0.182. The highest BCUT2D eigenvalue weighted by molar-refractivity contribution is 5.73. The Bertz CT molecular complexity index is 581. The molecule has 126 valence electrons. The monoisotopic (exact) mass is 330 g/mol. The van der Waals surface area contributed by atoms with Gasteiger partial charge in [-0.2, -0.15) is 13.2 Å². The number of hydrogen-bond donors (Lipinski definition) is 3. The lowest BCUT2D eigenvalue weighted by atomic mass is 10.2. The Hall–Kier alpha value is -2.32. The molecule has 0 spiro atoms. The molecule has 2 rings (SSSR count).